The second-order valence-electron chi connectivity index (χ2n) is 4.57. The lowest BCUT2D eigenvalue weighted by molar-refractivity contribution is -0.139. The lowest BCUT2D eigenvalue weighted by Gasteiger charge is -2.19. The first-order valence-corrected chi connectivity index (χ1v) is 6.27. The molecule has 0 atom stereocenters. The Balaban J connectivity index is 3.40. The summed E-state index contributed by atoms with van der Waals surface area (Å²) < 4.78 is 44.5. The summed E-state index contributed by atoms with van der Waals surface area (Å²) in [5.41, 5.74) is -1.37. The van der Waals surface area contributed by atoms with E-state index in [0.29, 0.717) is 6.42 Å². The highest BCUT2D eigenvalue weighted by atomic mass is 19.4. The van der Waals surface area contributed by atoms with Gasteiger partial charge in [-0.15, -0.1) is 0 Å². The van der Waals surface area contributed by atoms with Crippen molar-refractivity contribution in [2.24, 2.45) is 0 Å². The van der Waals surface area contributed by atoms with Gasteiger partial charge in [0.1, 0.15) is 11.3 Å². The number of aryl methyl sites for hydroxylation is 1. The third kappa shape index (κ3) is 3.43. The molecule has 0 aromatic heterocycles. The number of carboxylic acid groups (broad SMARTS) is 1. The molecule has 0 saturated carbocycles. The number of halogens is 3. The first-order valence-electron chi connectivity index (χ1n) is 6.27. The van der Waals surface area contributed by atoms with E-state index >= 15 is 0 Å². The van der Waals surface area contributed by atoms with Gasteiger partial charge in [-0.3, -0.25) is 0 Å². The van der Waals surface area contributed by atoms with E-state index in [1.165, 1.54) is 6.92 Å². The smallest absolute Gasteiger partial charge is 0.420 e. The molecule has 1 aromatic carbocycles. The van der Waals surface area contributed by atoms with Gasteiger partial charge in [-0.05, 0) is 37.5 Å². The number of ether oxygens (including phenoxy) is 1. The van der Waals surface area contributed by atoms with Crippen LogP contribution in [0.1, 0.15) is 46.8 Å². The quantitative estimate of drug-likeness (QED) is 0.827. The van der Waals surface area contributed by atoms with Gasteiger partial charge in [-0.2, -0.15) is 13.2 Å². The molecule has 20 heavy (non-hydrogen) atoms. The Kier molecular flexibility index (Phi) is 5.03. The van der Waals surface area contributed by atoms with Crippen molar-refractivity contribution in [1.82, 2.24) is 0 Å². The summed E-state index contributed by atoms with van der Waals surface area (Å²) in [7, 11) is 0. The number of unbranched alkanes of at least 4 members (excludes halogenated alkanes) is 1. The molecule has 0 bridgehead atoms. The monoisotopic (exact) mass is 290 g/mol. The first kappa shape index (κ1) is 16.3. The highest BCUT2D eigenvalue weighted by Gasteiger charge is 2.38. The molecule has 1 rings (SSSR count). The minimum Gasteiger partial charge on any atom is -0.493 e. The van der Waals surface area contributed by atoms with E-state index in [1.54, 1.807) is 0 Å². The lowest BCUT2D eigenvalue weighted by Crippen LogP contribution is -2.16. The number of benzene rings is 1. The maximum atomic E-state index is 13.1. The van der Waals surface area contributed by atoms with Gasteiger partial charge >= 0.3 is 12.1 Å². The third-order valence-electron chi connectivity index (χ3n) is 2.99. The summed E-state index contributed by atoms with van der Waals surface area (Å²) in [5.74, 6) is -1.67. The largest absolute Gasteiger partial charge is 0.493 e. The molecule has 0 amide bonds. The van der Waals surface area contributed by atoms with Crippen LogP contribution in [0.15, 0.2) is 6.07 Å². The van der Waals surface area contributed by atoms with Gasteiger partial charge in [0, 0.05) is 0 Å². The Morgan fingerprint density at radius 2 is 1.95 bits per heavy atom. The molecule has 0 saturated heterocycles. The summed E-state index contributed by atoms with van der Waals surface area (Å²) in [6.07, 6.45) is -3.22. The van der Waals surface area contributed by atoms with Crippen LogP contribution in [0.5, 0.6) is 5.75 Å². The molecule has 0 aliphatic heterocycles. The van der Waals surface area contributed by atoms with E-state index in [1.807, 2.05) is 6.92 Å². The molecule has 0 unspecified atom stereocenters. The second-order valence-corrected chi connectivity index (χ2v) is 4.57. The molecule has 1 N–H and O–H groups in total. The van der Waals surface area contributed by atoms with Crippen LogP contribution in [-0.4, -0.2) is 17.7 Å². The molecule has 0 aliphatic rings. The molecule has 6 heteroatoms. The standard InChI is InChI=1S/C14H17F3O3/c1-4-5-6-20-10-7-8(2)11(13(18)19)9(3)12(10)14(15,16)17/h7H,4-6H2,1-3H3,(H,18,19). The van der Waals surface area contributed by atoms with Crippen molar-refractivity contribution in [3.8, 4) is 5.75 Å². The van der Waals surface area contributed by atoms with Crippen LogP contribution in [0.4, 0.5) is 13.2 Å². The topological polar surface area (TPSA) is 46.5 Å². The summed E-state index contributed by atoms with van der Waals surface area (Å²) in [4.78, 5) is 11.1. The van der Waals surface area contributed by atoms with Crippen LogP contribution in [0, 0.1) is 13.8 Å². The van der Waals surface area contributed by atoms with E-state index in [-0.39, 0.29) is 29.0 Å². The SMILES string of the molecule is CCCCOc1cc(C)c(C(=O)O)c(C)c1C(F)(F)F. The van der Waals surface area contributed by atoms with Gasteiger partial charge < -0.3 is 9.84 Å². The van der Waals surface area contributed by atoms with Gasteiger partial charge in [0.15, 0.2) is 0 Å². The number of aromatic carboxylic acids is 1. The summed E-state index contributed by atoms with van der Waals surface area (Å²) in [6, 6.07) is 1.15. The summed E-state index contributed by atoms with van der Waals surface area (Å²) in [5, 5.41) is 9.03. The zero-order chi connectivity index (χ0) is 15.5. The van der Waals surface area contributed by atoms with Crippen LogP contribution in [0.2, 0.25) is 0 Å². The Bertz CT molecular complexity index is 507. The Hall–Kier alpha value is -1.72. The van der Waals surface area contributed by atoms with Crippen molar-refractivity contribution in [3.05, 3.63) is 28.3 Å². The van der Waals surface area contributed by atoms with Gasteiger partial charge in [0.25, 0.3) is 0 Å². The normalized spacial score (nSPS) is 11.5. The fourth-order valence-electron chi connectivity index (χ4n) is 2.07. The van der Waals surface area contributed by atoms with Gasteiger partial charge in [-0.1, -0.05) is 13.3 Å². The van der Waals surface area contributed by atoms with E-state index in [0.717, 1.165) is 19.4 Å². The van der Waals surface area contributed by atoms with Crippen molar-refractivity contribution in [2.45, 2.75) is 39.8 Å². The fraction of sp³-hybridized carbons (Fsp3) is 0.500. The number of hydrogen-bond donors (Lipinski definition) is 1. The van der Waals surface area contributed by atoms with E-state index < -0.39 is 17.7 Å². The van der Waals surface area contributed by atoms with E-state index in [2.05, 4.69) is 0 Å². The minimum atomic E-state index is -4.65. The second kappa shape index (κ2) is 6.15. The Labute approximate surface area is 115 Å². The molecular weight excluding hydrogens is 273 g/mol. The van der Waals surface area contributed by atoms with Crippen molar-refractivity contribution >= 4 is 5.97 Å². The van der Waals surface area contributed by atoms with E-state index in [4.69, 9.17) is 9.84 Å². The average Bonchev–Trinajstić information content (AvgIpc) is 2.26. The Morgan fingerprint density at radius 3 is 2.40 bits per heavy atom. The number of hydrogen-bond acceptors (Lipinski definition) is 2. The Morgan fingerprint density at radius 1 is 1.35 bits per heavy atom. The highest BCUT2D eigenvalue weighted by molar-refractivity contribution is 5.92. The third-order valence-corrected chi connectivity index (χ3v) is 2.99. The van der Waals surface area contributed by atoms with Crippen molar-refractivity contribution < 1.29 is 27.8 Å². The van der Waals surface area contributed by atoms with Crippen LogP contribution in [-0.2, 0) is 6.18 Å². The van der Waals surface area contributed by atoms with Crippen LogP contribution in [0.3, 0.4) is 0 Å². The minimum absolute atomic E-state index is 0.172. The fourth-order valence-corrected chi connectivity index (χ4v) is 2.07. The van der Waals surface area contributed by atoms with Crippen molar-refractivity contribution in [1.29, 1.82) is 0 Å². The lowest BCUT2D eigenvalue weighted by atomic mass is 9.96. The van der Waals surface area contributed by atoms with Crippen LogP contribution in [0.25, 0.3) is 0 Å². The number of rotatable bonds is 5. The number of carbonyl (C=O) groups is 1. The molecule has 0 aliphatic carbocycles. The number of carboxylic acids is 1. The first-order chi connectivity index (χ1) is 9.20. The molecule has 0 heterocycles. The van der Waals surface area contributed by atoms with Crippen LogP contribution < -0.4 is 4.74 Å². The summed E-state index contributed by atoms with van der Waals surface area (Å²) in [6.45, 7) is 4.69. The molecular formula is C14H17F3O3. The zero-order valence-corrected chi connectivity index (χ0v) is 11.6. The van der Waals surface area contributed by atoms with E-state index in [9.17, 15) is 18.0 Å². The van der Waals surface area contributed by atoms with Crippen molar-refractivity contribution in [3.63, 3.8) is 0 Å². The highest BCUT2D eigenvalue weighted by Crippen LogP contribution is 2.41. The maximum absolute atomic E-state index is 13.1. The molecule has 1 aromatic rings. The van der Waals surface area contributed by atoms with Crippen LogP contribution >= 0.6 is 0 Å². The molecule has 0 radical (unpaired) electrons. The van der Waals surface area contributed by atoms with Gasteiger partial charge in [0.05, 0.1) is 12.2 Å². The summed E-state index contributed by atoms with van der Waals surface area (Å²) >= 11 is 0. The van der Waals surface area contributed by atoms with Crippen molar-refractivity contribution in [2.75, 3.05) is 6.61 Å². The van der Waals surface area contributed by atoms with Gasteiger partial charge in [-0.25, -0.2) is 4.79 Å². The van der Waals surface area contributed by atoms with Gasteiger partial charge in [0.2, 0.25) is 0 Å². The zero-order valence-electron chi connectivity index (χ0n) is 11.6. The maximum Gasteiger partial charge on any atom is 0.420 e. The predicted molar refractivity (Wildman–Crippen MR) is 68.3 cm³/mol. The molecule has 0 spiro atoms. The number of alkyl halides is 3. The molecule has 0 fully saturated rings. The average molecular weight is 290 g/mol. The molecule has 3 nitrogen and oxygen atoms in total. The molecule has 112 valence electrons. The predicted octanol–water partition coefficient (Wildman–Crippen LogP) is 4.20.